The van der Waals surface area contributed by atoms with Crippen LogP contribution in [0.5, 0.6) is 5.75 Å². The number of rotatable bonds is 7. The maximum absolute atomic E-state index is 12.1. The molecule has 0 bridgehead atoms. The van der Waals surface area contributed by atoms with Crippen LogP contribution in [0, 0.1) is 6.92 Å². The molecule has 30 heavy (non-hydrogen) atoms. The lowest BCUT2D eigenvalue weighted by atomic mass is 10.1. The van der Waals surface area contributed by atoms with Crippen LogP contribution in [0.4, 0.5) is 5.69 Å². The van der Waals surface area contributed by atoms with Crippen LogP contribution in [0.15, 0.2) is 84.0 Å². The Hall–Kier alpha value is -3.93. The third-order valence-electron chi connectivity index (χ3n) is 4.42. The van der Waals surface area contributed by atoms with E-state index in [2.05, 4.69) is 15.8 Å². The second-order valence-electron chi connectivity index (χ2n) is 6.68. The number of aryl methyl sites for hydroxylation is 1. The van der Waals surface area contributed by atoms with Gasteiger partial charge in [0.2, 0.25) is 0 Å². The second-order valence-corrected chi connectivity index (χ2v) is 6.68. The molecule has 2 amide bonds. The molecule has 6 nitrogen and oxygen atoms in total. The third kappa shape index (κ3) is 5.78. The smallest absolute Gasteiger partial charge is 0.271 e. The number of amides is 2. The molecular weight excluding hydrogens is 378 g/mol. The van der Waals surface area contributed by atoms with Crippen molar-refractivity contribution >= 4 is 23.2 Å². The lowest BCUT2D eigenvalue weighted by Crippen LogP contribution is -2.20. The Kier molecular flexibility index (Phi) is 6.95. The van der Waals surface area contributed by atoms with E-state index in [9.17, 15) is 9.59 Å². The van der Waals surface area contributed by atoms with Gasteiger partial charge in [-0.15, -0.1) is 0 Å². The summed E-state index contributed by atoms with van der Waals surface area (Å²) in [7, 11) is 0. The van der Waals surface area contributed by atoms with E-state index in [1.165, 1.54) is 0 Å². The summed E-state index contributed by atoms with van der Waals surface area (Å²) in [5.41, 5.74) is 6.34. The van der Waals surface area contributed by atoms with Gasteiger partial charge in [0, 0.05) is 11.3 Å². The molecule has 0 spiro atoms. The zero-order valence-electron chi connectivity index (χ0n) is 16.9. The largest absolute Gasteiger partial charge is 0.484 e. The highest BCUT2D eigenvalue weighted by atomic mass is 16.5. The van der Waals surface area contributed by atoms with E-state index in [0.29, 0.717) is 17.0 Å². The average Bonchev–Trinajstić information content (AvgIpc) is 2.78. The van der Waals surface area contributed by atoms with E-state index in [0.717, 1.165) is 16.8 Å². The molecule has 0 atom stereocenters. The van der Waals surface area contributed by atoms with Gasteiger partial charge in [-0.1, -0.05) is 36.4 Å². The summed E-state index contributed by atoms with van der Waals surface area (Å²) >= 11 is 0. The first kappa shape index (κ1) is 20.8. The number of hydrogen-bond donors (Lipinski definition) is 2. The Labute approximate surface area is 175 Å². The summed E-state index contributed by atoms with van der Waals surface area (Å²) in [6, 6.07) is 23.6. The third-order valence-corrected chi connectivity index (χ3v) is 4.42. The summed E-state index contributed by atoms with van der Waals surface area (Å²) in [6.07, 6.45) is 0. The minimum atomic E-state index is -0.269. The Morgan fingerprint density at radius 2 is 1.53 bits per heavy atom. The van der Waals surface area contributed by atoms with E-state index in [1.54, 1.807) is 43.3 Å². The summed E-state index contributed by atoms with van der Waals surface area (Å²) in [6.45, 7) is 3.64. The Morgan fingerprint density at radius 1 is 0.867 bits per heavy atom. The van der Waals surface area contributed by atoms with Gasteiger partial charge in [-0.3, -0.25) is 9.59 Å². The zero-order valence-corrected chi connectivity index (χ0v) is 16.9. The standard InChI is InChI=1S/C24H23N3O3/c1-17-8-6-7-11-22(17)25-23(28)16-30-21-14-12-19(13-15-21)18(2)26-27-24(29)20-9-4-3-5-10-20/h3-15H,16H2,1-2H3,(H,25,28)(H,27,29)/b26-18-. The van der Waals surface area contributed by atoms with Crippen LogP contribution in [-0.4, -0.2) is 24.1 Å². The molecular formula is C24H23N3O3. The van der Waals surface area contributed by atoms with Crippen molar-refractivity contribution in [1.29, 1.82) is 0 Å². The maximum Gasteiger partial charge on any atom is 0.271 e. The molecule has 152 valence electrons. The van der Waals surface area contributed by atoms with Crippen LogP contribution >= 0.6 is 0 Å². The SMILES string of the molecule is C/C(=N/NC(=O)c1ccccc1)c1ccc(OCC(=O)Nc2ccccc2C)cc1. The fourth-order valence-corrected chi connectivity index (χ4v) is 2.69. The molecule has 3 rings (SSSR count). The molecule has 0 unspecified atom stereocenters. The number of benzene rings is 3. The van der Waals surface area contributed by atoms with Gasteiger partial charge in [0.25, 0.3) is 11.8 Å². The molecule has 0 aliphatic heterocycles. The first-order valence-electron chi connectivity index (χ1n) is 9.51. The first-order valence-corrected chi connectivity index (χ1v) is 9.51. The quantitative estimate of drug-likeness (QED) is 0.461. The molecule has 0 aliphatic carbocycles. The highest BCUT2D eigenvalue weighted by molar-refractivity contribution is 6.01. The van der Waals surface area contributed by atoms with Crippen molar-refractivity contribution in [2.75, 3.05) is 11.9 Å². The van der Waals surface area contributed by atoms with Gasteiger partial charge in [-0.05, 0) is 67.4 Å². The molecule has 0 heterocycles. The van der Waals surface area contributed by atoms with Crippen LogP contribution in [0.2, 0.25) is 0 Å². The number of nitrogens with zero attached hydrogens (tertiary/aromatic N) is 1. The molecule has 6 heteroatoms. The second kappa shape index (κ2) is 10.0. The summed E-state index contributed by atoms with van der Waals surface area (Å²) in [4.78, 5) is 24.1. The molecule has 3 aromatic rings. The fourth-order valence-electron chi connectivity index (χ4n) is 2.69. The summed E-state index contributed by atoms with van der Waals surface area (Å²) in [5, 5.41) is 6.97. The van der Waals surface area contributed by atoms with Gasteiger partial charge in [-0.25, -0.2) is 5.43 Å². The number of nitrogens with one attached hydrogen (secondary N) is 2. The van der Waals surface area contributed by atoms with Gasteiger partial charge >= 0.3 is 0 Å². The monoisotopic (exact) mass is 401 g/mol. The normalized spacial score (nSPS) is 10.9. The number of carbonyl (C=O) groups is 2. The van der Waals surface area contributed by atoms with Gasteiger partial charge in [-0.2, -0.15) is 5.10 Å². The van der Waals surface area contributed by atoms with Crippen molar-refractivity contribution in [2.24, 2.45) is 5.10 Å². The van der Waals surface area contributed by atoms with Crippen molar-refractivity contribution in [1.82, 2.24) is 5.43 Å². The Balaban J connectivity index is 1.52. The molecule has 0 saturated heterocycles. The summed E-state index contributed by atoms with van der Waals surface area (Å²) < 4.78 is 5.55. The molecule has 0 aromatic heterocycles. The van der Waals surface area contributed by atoms with Gasteiger partial charge in [0.15, 0.2) is 6.61 Å². The number of anilines is 1. The predicted octanol–water partition coefficient (Wildman–Crippen LogP) is 4.17. The molecule has 0 aliphatic rings. The zero-order chi connectivity index (χ0) is 21.3. The fraction of sp³-hybridized carbons (Fsp3) is 0.125. The van der Waals surface area contributed by atoms with Crippen molar-refractivity contribution in [3.8, 4) is 5.75 Å². The van der Waals surface area contributed by atoms with Gasteiger partial charge in [0.1, 0.15) is 5.75 Å². The van der Waals surface area contributed by atoms with E-state index in [4.69, 9.17) is 4.74 Å². The van der Waals surface area contributed by atoms with Crippen molar-refractivity contribution in [2.45, 2.75) is 13.8 Å². The van der Waals surface area contributed by atoms with Crippen molar-refractivity contribution in [3.05, 3.63) is 95.6 Å². The molecule has 3 aromatic carbocycles. The van der Waals surface area contributed by atoms with Crippen LogP contribution in [0.3, 0.4) is 0 Å². The number of hydrogen-bond acceptors (Lipinski definition) is 4. The number of ether oxygens (including phenoxy) is 1. The van der Waals surface area contributed by atoms with Crippen molar-refractivity contribution in [3.63, 3.8) is 0 Å². The minimum absolute atomic E-state index is 0.0894. The maximum atomic E-state index is 12.1. The highest BCUT2D eigenvalue weighted by Crippen LogP contribution is 2.15. The number of para-hydroxylation sites is 1. The number of hydrazone groups is 1. The van der Waals surface area contributed by atoms with Crippen molar-refractivity contribution < 1.29 is 14.3 Å². The first-order chi connectivity index (χ1) is 14.5. The van der Waals surface area contributed by atoms with E-state index in [-0.39, 0.29) is 18.4 Å². The molecule has 0 fully saturated rings. The average molecular weight is 401 g/mol. The molecule has 0 saturated carbocycles. The van der Waals surface area contributed by atoms with E-state index >= 15 is 0 Å². The van der Waals surface area contributed by atoms with Crippen LogP contribution in [0.1, 0.15) is 28.4 Å². The predicted molar refractivity (Wildman–Crippen MR) is 118 cm³/mol. The highest BCUT2D eigenvalue weighted by Gasteiger charge is 2.07. The lowest BCUT2D eigenvalue weighted by molar-refractivity contribution is -0.118. The van der Waals surface area contributed by atoms with Crippen LogP contribution in [-0.2, 0) is 4.79 Å². The Bertz CT molecular complexity index is 1040. The Morgan fingerprint density at radius 3 is 2.23 bits per heavy atom. The van der Waals surface area contributed by atoms with Gasteiger partial charge < -0.3 is 10.1 Å². The van der Waals surface area contributed by atoms with E-state index in [1.807, 2.05) is 49.4 Å². The lowest BCUT2D eigenvalue weighted by Gasteiger charge is -2.10. The minimum Gasteiger partial charge on any atom is -0.484 e. The topological polar surface area (TPSA) is 79.8 Å². The number of carbonyl (C=O) groups excluding carboxylic acids is 2. The summed E-state index contributed by atoms with van der Waals surface area (Å²) in [5.74, 6) is 0.0733. The van der Waals surface area contributed by atoms with Gasteiger partial charge in [0.05, 0.1) is 5.71 Å². The molecule has 2 N–H and O–H groups in total. The molecule has 0 radical (unpaired) electrons. The van der Waals surface area contributed by atoms with Crippen LogP contribution in [0.25, 0.3) is 0 Å². The van der Waals surface area contributed by atoms with Crippen LogP contribution < -0.4 is 15.5 Å². The van der Waals surface area contributed by atoms with E-state index < -0.39 is 0 Å².